The molecule has 17 heavy (non-hydrogen) atoms. The fourth-order valence-electron chi connectivity index (χ4n) is 2.39. The molecule has 1 aromatic carbocycles. The summed E-state index contributed by atoms with van der Waals surface area (Å²) in [5.74, 6) is 0.517. The summed E-state index contributed by atoms with van der Waals surface area (Å²) < 4.78 is 7.01. The summed E-state index contributed by atoms with van der Waals surface area (Å²) in [6.07, 6.45) is 2.48. The summed E-state index contributed by atoms with van der Waals surface area (Å²) in [5, 5.41) is 4.01. The largest absolute Gasteiger partial charge is 0.373 e. The van der Waals surface area contributed by atoms with Crippen molar-refractivity contribution in [2.45, 2.75) is 18.9 Å². The van der Waals surface area contributed by atoms with Gasteiger partial charge in [-0.25, -0.2) is 0 Å². The van der Waals surface area contributed by atoms with Crippen LogP contribution >= 0.6 is 27.5 Å². The normalized spacial score (nSPS) is 24.9. The van der Waals surface area contributed by atoms with Crippen LogP contribution in [-0.2, 0) is 4.74 Å². The van der Waals surface area contributed by atoms with Crippen molar-refractivity contribution in [3.63, 3.8) is 0 Å². The molecule has 2 rings (SSSR count). The third kappa shape index (κ3) is 3.22. The van der Waals surface area contributed by atoms with Gasteiger partial charge >= 0.3 is 0 Å². The standard InChI is InChI=1S/C13H17BrClNO/c1-16-8-9-3-2-6-17-13(9)11-7-10(15)4-5-12(11)14/h4-5,7,9,13,16H,2-3,6,8H2,1H3. The van der Waals surface area contributed by atoms with E-state index < -0.39 is 0 Å². The Balaban J connectivity index is 2.25. The highest BCUT2D eigenvalue weighted by atomic mass is 79.9. The topological polar surface area (TPSA) is 21.3 Å². The van der Waals surface area contributed by atoms with Crippen molar-refractivity contribution in [2.24, 2.45) is 5.92 Å². The van der Waals surface area contributed by atoms with Crippen LogP contribution in [0.4, 0.5) is 0 Å². The highest BCUT2D eigenvalue weighted by molar-refractivity contribution is 9.10. The summed E-state index contributed by atoms with van der Waals surface area (Å²) in [4.78, 5) is 0. The Kier molecular flexibility index (Phi) is 4.86. The average molecular weight is 319 g/mol. The predicted octanol–water partition coefficient (Wildman–Crippen LogP) is 3.79. The molecule has 0 amide bonds. The van der Waals surface area contributed by atoms with E-state index in [-0.39, 0.29) is 6.10 Å². The van der Waals surface area contributed by atoms with Gasteiger partial charge in [0.05, 0.1) is 6.10 Å². The molecule has 0 aromatic heterocycles. The lowest BCUT2D eigenvalue weighted by Gasteiger charge is -2.32. The monoisotopic (exact) mass is 317 g/mol. The number of benzene rings is 1. The van der Waals surface area contributed by atoms with E-state index in [4.69, 9.17) is 16.3 Å². The molecule has 0 spiro atoms. The first-order valence-electron chi connectivity index (χ1n) is 5.93. The van der Waals surface area contributed by atoms with Gasteiger partial charge < -0.3 is 10.1 Å². The van der Waals surface area contributed by atoms with Crippen molar-refractivity contribution in [2.75, 3.05) is 20.2 Å². The predicted molar refractivity (Wildman–Crippen MR) is 74.5 cm³/mol. The van der Waals surface area contributed by atoms with Gasteiger partial charge in [0.2, 0.25) is 0 Å². The van der Waals surface area contributed by atoms with Crippen molar-refractivity contribution in [1.29, 1.82) is 0 Å². The molecule has 1 aliphatic heterocycles. The van der Waals surface area contributed by atoms with Gasteiger partial charge in [0.1, 0.15) is 0 Å². The molecule has 2 nitrogen and oxygen atoms in total. The summed E-state index contributed by atoms with van der Waals surface area (Å²) in [5.41, 5.74) is 1.16. The average Bonchev–Trinajstić information content (AvgIpc) is 2.34. The number of hydrogen-bond donors (Lipinski definition) is 1. The molecular weight excluding hydrogens is 302 g/mol. The molecule has 1 aliphatic rings. The molecule has 0 radical (unpaired) electrons. The zero-order valence-corrected chi connectivity index (χ0v) is 12.2. The molecule has 1 fully saturated rings. The van der Waals surface area contributed by atoms with Crippen LogP contribution in [0.2, 0.25) is 5.02 Å². The molecule has 1 heterocycles. The summed E-state index contributed by atoms with van der Waals surface area (Å²) in [7, 11) is 1.98. The van der Waals surface area contributed by atoms with E-state index in [1.807, 2.05) is 25.2 Å². The van der Waals surface area contributed by atoms with Gasteiger partial charge in [0, 0.05) is 28.6 Å². The van der Waals surface area contributed by atoms with E-state index in [0.717, 1.165) is 34.6 Å². The maximum absolute atomic E-state index is 6.07. The van der Waals surface area contributed by atoms with E-state index in [2.05, 4.69) is 21.2 Å². The summed E-state index contributed by atoms with van der Waals surface area (Å²) >= 11 is 9.65. The van der Waals surface area contributed by atoms with E-state index >= 15 is 0 Å². The Morgan fingerprint density at radius 2 is 2.35 bits per heavy atom. The molecule has 94 valence electrons. The van der Waals surface area contributed by atoms with Gasteiger partial charge in [-0.2, -0.15) is 0 Å². The second kappa shape index (κ2) is 6.19. The van der Waals surface area contributed by atoms with Crippen LogP contribution in [0.25, 0.3) is 0 Å². The van der Waals surface area contributed by atoms with Crippen LogP contribution in [-0.4, -0.2) is 20.2 Å². The SMILES string of the molecule is CNCC1CCCOC1c1cc(Cl)ccc1Br. The summed E-state index contributed by atoms with van der Waals surface area (Å²) in [6, 6.07) is 5.89. The van der Waals surface area contributed by atoms with Crippen LogP contribution in [0.3, 0.4) is 0 Å². The maximum Gasteiger partial charge on any atom is 0.0876 e. The van der Waals surface area contributed by atoms with Crippen LogP contribution in [0, 0.1) is 5.92 Å². The molecule has 2 atom stereocenters. The van der Waals surface area contributed by atoms with Gasteiger partial charge in [0.15, 0.2) is 0 Å². The Morgan fingerprint density at radius 3 is 3.12 bits per heavy atom. The Labute approximate surface area is 116 Å². The lowest BCUT2D eigenvalue weighted by Crippen LogP contribution is -2.30. The highest BCUT2D eigenvalue weighted by Gasteiger charge is 2.28. The van der Waals surface area contributed by atoms with Gasteiger partial charge in [-0.1, -0.05) is 27.5 Å². The minimum Gasteiger partial charge on any atom is -0.373 e. The molecule has 2 unspecified atom stereocenters. The van der Waals surface area contributed by atoms with Gasteiger partial charge in [-0.15, -0.1) is 0 Å². The molecular formula is C13H17BrClNO. The van der Waals surface area contributed by atoms with E-state index in [0.29, 0.717) is 5.92 Å². The highest BCUT2D eigenvalue weighted by Crippen LogP contribution is 2.37. The Hall–Kier alpha value is -0.0900. The van der Waals surface area contributed by atoms with E-state index in [1.54, 1.807) is 0 Å². The fraction of sp³-hybridized carbons (Fsp3) is 0.538. The number of hydrogen-bond acceptors (Lipinski definition) is 2. The van der Waals surface area contributed by atoms with Gasteiger partial charge in [-0.3, -0.25) is 0 Å². The number of halogens is 2. The zero-order chi connectivity index (χ0) is 12.3. The molecule has 0 bridgehead atoms. The van der Waals surface area contributed by atoms with Crippen molar-refractivity contribution in [3.8, 4) is 0 Å². The molecule has 1 saturated heterocycles. The van der Waals surface area contributed by atoms with Crippen LogP contribution < -0.4 is 5.32 Å². The van der Waals surface area contributed by atoms with Crippen LogP contribution in [0.1, 0.15) is 24.5 Å². The number of rotatable bonds is 3. The number of ether oxygens (including phenoxy) is 1. The fourth-order valence-corrected chi connectivity index (χ4v) is 3.04. The van der Waals surface area contributed by atoms with Gasteiger partial charge in [-0.05, 0) is 43.7 Å². The first kappa shape index (κ1) is 13.3. The molecule has 0 saturated carbocycles. The smallest absolute Gasteiger partial charge is 0.0876 e. The molecule has 1 N–H and O–H groups in total. The van der Waals surface area contributed by atoms with E-state index in [9.17, 15) is 0 Å². The second-order valence-corrected chi connectivity index (χ2v) is 5.71. The van der Waals surface area contributed by atoms with Crippen LogP contribution in [0.15, 0.2) is 22.7 Å². The quantitative estimate of drug-likeness (QED) is 0.915. The van der Waals surface area contributed by atoms with E-state index in [1.165, 1.54) is 6.42 Å². The summed E-state index contributed by atoms with van der Waals surface area (Å²) in [6.45, 7) is 1.81. The first-order valence-corrected chi connectivity index (χ1v) is 7.10. The minimum atomic E-state index is 0.143. The van der Waals surface area contributed by atoms with Crippen molar-refractivity contribution in [3.05, 3.63) is 33.3 Å². The zero-order valence-electron chi connectivity index (χ0n) is 9.88. The third-order valence-corrected chi connectivity index (χ3v) is 4.13. The van der Waals surface area contributed by atoms with Crippen molar-refractivity contribution in [1.82, 2.24) is 5.32 Å². The molecule has 4 heteroatoms. The minimum absolute atomic E-state index is 0.143. The van der Waals surface area contributed by atoms with Crippen molar-refractivity contribution >= 4 is 27.5 Å². The van der Waals surface area contributed by atoms with Gasteiger partial charge in [0.25, 0.3) is 0 Å². The third-order valence-electron chi connectivity index (χ3n) is 3.18. The lowest BCUT2D eigenvalue weighted by molar-refractivity contribution is -0.0276. The Morgan fingerprint density at radius 1 is 1.53 bits per heavy atom. The number of nitrogens with one attached hydrogen (secondary N) is 1. The molecule has 0 aliphatic carbocycles. The molecule has 1 aromatic rings. The Bertz CT molecular complexity index is 384. The lowest BCUT2D eigenvalue weighted by atomic mass is 9.89. The maximum atomic E-state index is 6.07. The van der Waals surface area contributed by atoms with Crippen LogP contribution in [0.5, 0.6) is 0 Å². The second-order valence-electron chi connectivity index (χ2n) is 4.42. The van der Waals surface area contributed by atoms with Crippen molar-refractivity contribution < 1.29 is 4.74 Å². The first-order chi connectivity index (χ1) is 8.22.